The van der Waals surface area contributed by atoms with Gasteiger partial charge >= 0.3 is 0 Å². The van der Waals surface area contributed by atoms with Crippen LogP contribution in [0.5, 0.6) is 0 Å². The van der Waals surface area contributed by atoms with Gasteiger partial charge in [0.25, 0.3) is 0 Å². The molecule has 33 heavy (non-hydrogen) atoms. The van der Waals surface area contributed by atoms with Crippen molar-refractivity contribution in [3.05, 3.63) is 65.4 Å². The third-order valence-corrected chi connectivity index (χ3v) is 5.51. The number of sulfonamides is 1. The van der Waals surface area contributed by atoms with Gasteiger partial charge in [-0.05, 0) is 41.5 Å². The molecular weight excluding hydrogens is 447 g/mol. The van der Waals surface area contributed by atoms with E-state index in [9.17, 15) is 17.6 Å². The number of anilines is 2. The van der Waals surface area contributed by atoms with Crippen LogP contribution >= 0.6 is 0 Å². The smallest absolute Gasteiger partial charge is 0.244 e. The lowest BCUT2D eigenvalue weighted by molar-refractivity contribution is -0.116. The fraction of sp³-hybridized carbons (Fsp3) is 0.304. The SMILES string of the molecule is C=Cc1cc(CNC(=O)/C=C/c2ccc(CF)nc2N2CCOCC2)ccc1NS(C)(=O)=O. The van der Waals surface area contributed by atoms with E-state index in [-0.39, 0.29) is 12.5 Å². The van der Waals surface area contributed by atoms with Gasteiger partial charge in [-0.3, -0.25) is 9.52 Å². The Kier molecular flexibility index (Phi) is 8.18. The van der Waals surface area contributed by atoms with E-state index in [0.29, 0.717) is 49.1 Å². The molecule has 0 radical (unpaired) electrons. The van der Waals surface area contributed by atoms with Crippen molar-refractivity contribution in [2.24, 2.45) is 0 Å². The van der Waals surface area contributed by atoms with Crippen molar-refractivity contribution in [2.75, 3.05) is 42.2 Å². The molecule has 0 aliphatic carbocycles. The van der Waals surface area contributed by atoms with E-state index >= 15 is 0 Å². The number of amides is 1. The molecule has 1 aliphatic rings. The second-order valence-corrected chi connectivity index (χ2v) is 9.25. The predicted octanol–water partition coefficient (Wildman–Crippen LogP) is 2.73. The van der Waals surface area contributed by atoms with Crippen LogP contribution in [-0.2, 0) is 32.8 Å². The minimum atomic E-state index is -3.41. The van der Waals surface area contributed by atoms with Crippen molar-refractivity contribution in [2.45, 2.75) is 13.2 Å². The molecule has 1 aliphatic heterocycles. The normalized spacial score (nSPS) is 14.3. The third kappa shape index (κ3) is 7.13. The molecule has 1 saturated heterocycles. The molecule has 2 heterocycles. The van der Waals surface area contributed by atoms with Crippen molar-refractivity contribution >= 4 is 39.6 Å². The van der Waals surface area contributed by atoms with E-state index in [0.717, 1.165) is 17.4 Å². The monoisotopic (exact) mass is 474 g/mol. The maximum atomic E-state index is 13.1. The lowest BCUT2D eigenvalue weighted by atomic mass is 10.1. The molecule has 2 aromatic rings. The van der Waals surface area contributed by atoms with Gasteiger partial charge in [0.05, 0.1) is 30.9 Å². The Balaban J connectivity index is 1.67. The molecule has 1 fully saturated rings. The maximum absolute atomic E-state index is 13.1. The van der Waals surface area contributed by atoms with E-state index in [2.05, 4.69) is 21.6 Å². The Morgan fingerprint density at radius 2 is 2.00 bits per heavy atom. The van der Waals surface area contributed by atoms with Crippen LogP contribution in [0.4, 0.5) is 15.9 Å². The summed E-state index contributed by atoms with van der Waals surface area (Å²) >= 11 is 0. The number of alkyl halides is 1. The van der Waals surface area contributed by atoms with E-state index in [4.69, 9.17) is 4.74 Å². The lowest BCUT2D eigenvalue weighted by Gasteiger charge is -2.29. The zero-order valence-electron chi connectivity index (χ0n) is 18.4. The van der Waals surface area contributed by atoms with Gasteiger partial charge in [-0.2, -0.15) is 0 Å². The molecule has 1 aromatic carbocycles. The van der Waals surface area contributed by atoms with Crippen molar-refractivity contribution in [3.8, 4) is 0 Å². The Morgan fingerprint density at radius 3 is 2.67 bits per heavy atom. The van der Waals surface area contributed by atoms with Gasteiger partial charge in [0.2, 0.25) is 15.9 Å². The van der Waals surface area contributed by atoms with Crippen LogP contribution in [0.25, 0.3) is 12.2 Å². The minimum Gasteiger partial charge on any atom is -0.378 e. The maximum Gasteiger partial charge on any atom is 0.244 e. The number of morpholine rings is 1. The number of carbonyl (C=O) groups excluding carboxylic acids is 1. The molecule has 176 valence electrons. The number of hydrogen-bond acceptors (Lipinski definition) is 6. The number of ether oxygens (including phenoxy) is 1. The molecule has 10 heteroatoms. The van der Waals surface area contributed by atoms with Crippen LogP contribution in [0.2, 0.25) is 0 Å². The summed E-state index contributed by atoms with van der Waals surface area (Å²) < 4.78 is 43.9. The molecule has 2 N–H and O–H groups in total. The Bertz CT molecular complexity index is 1150. The van der Waals surface area contributed by atoms with Gasteiger partial charge in [0.1, 0.15) is 12.5 Å². The molecule has 8 nitrogen and oxygen atoms in total. The average molecular weight is 475 g/mol. The number of hydrogen-bond donors (Lipinski definition) is 2. The van der Waals surface area contributed by atoms with Crippen LogP contribution in [0, 0.1) is 0 Å². The first kappa shape index (κ1) is 24.4. The summed E-state index contributed by atoms with van der Waals surface area (Å²) in [5.74, 6) is 0.318. The molecule has 3 rings (SSSR count). The highest BCUT2D eigenvalue weighted by molar-refractivity contribution is 7.92. The summed E-state index contributed by atoms with van der Waals surface area (Å²) in [4.78, 5) is 18.8. The second-order valence-electron chi connectivity index (χ2n) is 7.50. The minimum absolute atomic E-state index is 0.249. The number of nitrogens with zero attached hydrogens (tertiary/aromatic N) is 2. The van der Waals surface area contributed by atoms with Crippen LogP contribution in [0.15, 0.2) is 43.0 Å². The van der Waals surface area contributed by atoms with Gasteiger partial charge in [-0.1, -0.05) is 18.7 Å². The first-order valence-electron chi connectivity index (χ1n) is 10.4. The summed E-state index contributed by atoms with van der Waals surface area (Å²) in [7, 11) is -3.41. The lowest BCUT2D eigenvalue weighted by Crippen LogP contribution is -2.37. The van der Waals surface area contributed by atoms with Gasteiger partial charge in [-0.15, -0.1) is 0 Å². The summed E-state index contributed by atoms with van der Waals surface area (Å²) in [5, 5.41) is 2.80. The highest BCUT2D eigenvalue weighted by atomic mass is 32.2. The summed E-state index contributed by atoms with van der Waals surface area (Å²) in [6.07, 6.45) is 5.68. The first-order chi connectivity index (χ1) is 15.8. The average Bonchev–Trinajstić information content (AvgIpc) is 2.81. The highest BCUT2D eigenvalue weighted by Crippen LogP contribution is 2.22. The molecule has 0 bridgehead atoms. The van der Waals surface area contributed by atoms with Crippen molar-refractivity contribution in [1.82, 2.24) is 10.3 Å². The quantitative estimate of drug-likeness (QED) is 0.542. The van der Waals surface area contributed by atoms with Crippen LogP contribution < -0.4 is 14.9 Å². The number of benzene rings is 1. The standard InChI is InChI=1S/C23H27FN4O4S/c1-3-18-14-17(4-8-21(18)27-33(2,30)31)16-25-22(29)9-6-19-5-7-20(15-24)26-23(19)28-10-12-32-13-11-28/h3-9,14,27H,1,10-13,15-16H2,2H3,(H,25,29)/b9-6+. The largest absolute Gasteiger partial charge is 0.378 e. The summed E-state index contributed by atoms with van der Waals surface area (Å²) in [5.41, 5.74) is 2.87. The number of halogens is 1. The Morgan fingerprint density at radius 1 is 1.24 bits per heavy atom. The van der Waals surface area contributed by atoms with E-state index in [1.807, 2.05) is 4.90 Å². The van der Waals surface area contributed by atoms with Crippen LogP contribution in [0.1, 0.15) is 22.4 Å². The summed E-state index contributed by atoms with van der Waals surface area (Å²) in [6.45, 7) is 5.71. The fourth-order valence-electron chi connectivity index (χ4n) is 3.33. The van der Waals surface area contributed by atoms with Gasteiger partial charge in [-0.25, -0.2) is 17.8 Å². The van der Waals surface area contributed by atoms with E-state index < -0.39 is 16.7 Å². The highest BCUT2D eigenvalue weighted by Gasteiger charge is 2.16. The summed E-state index contributed by atoms with van der Waals surface area (Å²) in [6, 6.07) is 8.45. The van der Waals surface area contributed by atoms with Crippen molar-refractivity contribution in [1.29, 1.82) is 0 Å². The Labute approximate surface area is 193 Å². The molecule has 1 amide bonds. The number of nitrogens with one attached hydrogen (secondary N) is 2. The predicted molar refractivity (Wildman–Crippen MR) is 128 cm³/mol. The number of rotatable bonds is 9. The van der Waals surface area contributed by atoms with Gasteiger partial charge in [0.15, 0.2) is 0 Å². The number of carbonyl (C=O) groups is 1. The van der Waals surface area contributed by atoms with E-state index in [1.54, 1.807) is 42.5 Å². The van der Waals surface area contributed by atoms with Crippen LogP contribution in [0.3, 0.4) is 0 Å². The van der Waals surface area contributed by atoms with Gasteiger partial charge in [0, 0.05) is 31.3 Å². The zero-order chi connectivity index (χ0) is 23.8. The van der Waals surface area contributed by atoms with Crippen molar-refractivity contribution < 1.29 is 22.3 Å². The fourth-order valence-corrected chi connectivity index (χ4v) is 3.91. The zero-order valence-corrected chi connectivity index (χ0v) is 19.2. The van der Waals surface area contributed by atoms with Crippen molar-refractivity contribution in [3.63, 3.8) is 0 Å². The molecule has 1 aromatic heterocycles. The molecule has 0 unspecified atom stereocenters. The molecule has 0 spiro atoms. The molecular formula is C23H27FN4O4S. The van der Waals surface area contributed by atoms with Crippen LogP contribution in [-0.4, -0.2) is 51.9 Å². The molecule has 0 saturated carbocycles. The third-order valence-electron chi connectivity index (χ3n) is 4.92. The second kappa shape index (κ2) is 11.1. The Hall–Kier alpha value is -3.24. The number of aromatic nitrogens is 1. The van der Waals surface area contributed by atoms with E-state index in [1.165, 1.54) is 6.08 Å². The molecule has 0 atom stereocenters. The number of pyridine rings is 1. The van der Waals surface area contributed by atoms with Gasteiger partial charge < -0.3 is 15.0 Å². The topological polar surface area (TPSA) is 101 Å². The first-order valence-corrected chi connectivity index (χ1v) is 12.3.